The van der Waals surface area contributed by atoms with Crippen LogP contribution in [-0.4, -0.2) is 34.7 Å². The number of rotatable bonds is 5. The lowest BCUT2D eigenvalue weighted by atomic mass is 9.99. The van der Waals surface area contributed by atoms with Crippen LogP contribution in [0, 0.1) is 5.92 Å². The molecular formula is C22H28N6S. The van der Waals surface area contributed by atoms with Crippen LogP contribution in [0.1, 0.15) is 30.9 Å². The number of hydrogen-bond donors (Lipinski definition) is 2. The molecule has 2 aromatic rings. The summed E-state index contributed by atoms with van der Waals surface area (Å²) in [5, 5.41) is 6.74. The average Bonchev–Trinajstić information content (AvgIpc) is 3.17. The molecule has 2 aliphatic rings. The molecule has 2 aliphatic heterocycles. The Labute approximate surface area is 178 Å². The van der Waals surface area contributed by atoms with Gasteiger partial charge in [-0.25, -0.2) is 0 Å². The molecule has 1 aromatic heterocycles. The summed E-state index contributed by atoms with van der Waals surface area (Å²) in [5.41, 5.74) is 2.72. The Morgan fingerprint density at radius 1 is 1.14 bits per heavy atom. The van der Waals surface area contributed by atoms with E-state index in [-0.39, 0.29) is 0 Å². The van der Waals surface area contributed by atoms with Crippen LogP contribution in [0.3, 0.4) is 0 Å². The van der Waals surface area contributed by atoms with Gasteiger partial charge in [-0.1, -0.05) is 37.3 Å². The first-order chi connectivity index (χ1) is 14.1. The maximum atomic E-state index is 5.37. The maximum absolute atomic E-state index is 5.37. The van der Waals surface area contributed by atoms with Gasteiger partial charge in [-0.3, -0.25) is 0 Å². The number of piperidine rings is 1. The van der Waals surface area contributed by atoms with Crippen molar-refractivity contribution >= 4 is 34.9 Å². The van der Waals surface area contributed by atoms with Crippen LogP contribution in [0.25, 0.3) is 0 Å². The van der Waals surface area contributed by atoms with E-state index in [1.807, 2.05) is 0 Å². The van der Waals surface area contributed by atoms with Crippen LogP contribution in [-0.2, 0) is 13.1 Å². The van der Waals surface area contributed by atoms with Gasteiger partial charge in [-0.05, 0) is 42.1 Å². The molecule has 0 atom stereocenters. The third-order valence-electron chi connectivity index (χ3n) is 5.60. The van der Waals surface area contributed by atoms with Gasteiger partial charge in [0.15, 0.2) is 5.11 Å². The van der Waals surface area contributed by atoms with Crippen molar-refractivity contribution in [3.8, 4) is 0 Å². The fraction of sp³-hybridized carbons (Fsp3) is 0.409. The van der Waals surface area contributed by atoms with Crippen molar-refractivity contribution in [1.29, 1.82) is 0 Å². The van der Waals surface area contributed by atoms with E-state index in [1.54, 1.807) is 6.08 Å². The molecule has 6 nitrogen and oxygen atoms in total. The van der Waals surface area contributed by atoms with Gasteiger partial charge in [0.2, 0.25) is 5.95 Å². The Morgan fingerprint density at radius 3 is 2.38 bits per heavy atom. The molecule has 0 aliphatic carbocycles. The first-order valence-electron chi connectivity index (χ1n) is 10.2. The third kappa shape index (κ3) is 4.67. The lowest BCUT2D eigenvalue weighted by Gasteiger charge is -2.32. The maximum Gasteiger partial charge on any atom is 0.232 e. The zero-order chi connectivity index (χ0) is 20.2. The van der Waals surface area contributed by atoms with Crippen molar-refractivity contribution in [2.75, 3.05) is 34.8 Å². The van der Waals surface area contributed by atoms with Crippen molar-refractivity contribution in [3.63, 3.8) is 0 Å². The minimum Gasteiger partial charge on any atom is -0.359 e. The quantitative estimate of drug-likeness (QED) is 0.578. The molecule has 7 heteroatoms. The Morgan fingerprint density at radius 2 is 1.76 bits per heavy atom. The highest BCUT2D eigenvalue weighted by molar-refractivity contribution is 7.80. The summed E-state index contributed by atoms with van der Waals surface area (Å²) in [5.74, 6) is 3.20. The minimum atomic E-state index is 0.505. The molecule has 4 rings (SSSR count). The SMILES string of the molecule is C=CCNC(=S)Nc1nc(N2CCC(C)CC2)cc(N2Cc3ccccc3C2)n1. The van der Waals surface area contributed by atoms with Crippen molar-refractivity contribution in [3.05, 3.63) is 54.1 Å². The predicted molar refractivity (Wildman–Crippen MR) is 123 cm³/mol. The van der Waals surface area contributed by atoms with Crippen molar-refractivity contribution < 1.29 is 0 Å². The van der Waals surface area contributed by atoms with E-state index in [0.717, 1.165) is 43.7 Å². The standard InChI is InChI=1S/C22H28N6S/c1-3-10-23-22(29)26-21-24-19(27-11-8-16(2)9-12-27)13-20(25-21)28-14-17-6-4-5-7-18(17)15-28/h3-7,13,16H,1,8-12,14-15H2,2H3,(H2,23,24,25,26,29). The van der Waals surface area contributed by atoms with E-state index < -0.39 is 0 Å². The molecule has 0 amide bonds. The van der Waals surface area contributed by atoms with Gasteiger partial charge in [0.1, 0.15) is 11.6 Å². The molecule has 0 bridgehead atoms. The van der Waals surface area contributed by atoms with E-state index in [9.17, 15) is 0 Å². The second kappa shape index (κ2) is 8.78. The third-order valence-corrected chi connectivity index (χ3v) is 5.85. The van der Waals surface area contributed by atoms with Crippen LogP contribution in [0.4, 0.5) is 17.6 Å². The summed E-state index contributed by atoms with van der Waals surface area (Å²) < 4.78 is 0. The number of aromatic nitrogens is 2. The molecule has 1 fully saturated rings. The number of thiocarbonyl (C=S) groups is 1. The summed E-state index contributed by atoms with van der Waals surface area (Å²) in [4.78, 5) is 14.2. The number of nitrogens with one attached hydrogen (secondary N) is 2. The van der Waals surface area contributed by atoms with Crippen LogP contribution < -0.4 is 20.4 Å². The summed E-state index contributed by atoms with van der Waals surface area (Å²) in [6.07, 6.45) is 4.15. The summed E-state index contributed by atoms with van der Waals surface area (Å²) in [6.45, 7) is 10.4. The number of nitrogens with zero attached hydrogens (tertiary/aromatic N) is 4. The van der Waals surface area contributed by atoms with Gasteiger partial charge in [0, 0.05) is 38.8 Å². The first-order valence-corrected chi connectivity index (χ1v) is 10.6. The average molecular weight is 409 g/mol. The Hall–Kier alpha value is -2.67. The van der Waals surface area contributed by atoms with Crippen LogP contribution >= 0.6 is 12.2 Å². The van der Waals surface area contributed by atoms with E-state index in [2.05, 4.69) is 64.3 Å². The van der Waals surface area contributed by atoms with Crippen molar-refractivity contribution in [1.82, 2.24) is 15.3 Å². The Balaban J connectivity index is 1.59. The van der Waals surface area contributed by atoms with Crippen LogP contribution in [0.5, 0.6) is 0 Å². The molecule has 29 heavy (non-hydrogen) atoms. The molecule has 1 aromatic carbocycles. The number of anilines is 3. The zero-order valence-electron chi connectivity index (χ0n) is 16.9. The monoisotopic (exact) mass is 408 g/mol. The van der Waals surface area contributed by atoms with Crippen molar-refractivity contribution in [2.45, 2.75) is 32.9 Å². The number of fused-ring (bicyclic) bond motifs is 1. The Kier molecular flexibility index (Phi) is 5.94. The smallest absolute Gasteiger partial charge is 0.232 e. The highest BCUT2D eigenvalue weighted by Crippen LogP contribution is 2.31. The second-order valence-corrected chi connectivity index (χ2v) is 8.23. The topological polar surface area (TPSA) is 56.3 Å². The lowest BCUT2D eigenvalue weighted by Crippen LogP contribution is -2.34. The summed E-state index contributed by atoms with van der Waals surface area (Å²) in [6, 6.07) is 10.7. The van der Waals surface area contributed by atoms with Gasteiger partial charge in [-0.2, -0.15) is 9.97 Å². The van der Waals surface area contributed by atoms with E-state index >= 15 is 0 Å². The molecule has 0 radical (unpaired) electrons. The number of benzene rings is 1. The van der Waals surface area contributed by atoms with Gasteiger partial charge in [0.05, 0.1) is 0 Å². The van der Waals surface area contributed by atoms with Crippen molar-refractivity contribution in [2.24, 2.45) is 5.92 Å². The van der Waals surface area contributed by atoms with E-state index in [0.29, 0.717) is 17.6 Å². The summed E-state index contributed by atoms with van der Waals surface area (Å²) >= 11 is 5.37. The molecule has 152 valence electrons. The zero-order valence-corrected chi connectivity index (χ0v) is 17.7. The molecule has 0 saturated carbocycles. The fourth-order valence-corrected chi connectivity index (χ4v) is 4.02. The van der Waals surface area contributed by atoms with Gasteiger partial charge < -0.3 is 20.4 Å². The van der Waals surface area contributed by atoms with Gasteiger partial charge in [0.25, 0.3) is 0 Å². The molecule has 0 spiro atoms. The summed E-state index contributed by atoms with van der Waals surface area (Å²) in [7, 11) is 0. The highest BCUT2D eigenvalue weighted by Gasteiger charge is 2.23. The molecule has 3 heterocycles. The predicted octanol–water partition coefficient (Wildman–Crippen LogP) is 3.71. The molecule has 0 unspecified atom stereocenters. The fourth-order valence-electron chi connectivity index (χ4n) is 3.85. The minimum absolute atomic E-state index is 0.505. The molecule has 1 saturated heterocycles. The largest absolute Gasteiger partial charge is 0.359 e. The lowest BCUT2D eigenvalue weighted by molar-refractivity contribution is 0.436. The second-order valence-electron chi connectivity index (χ2n) is 7.83. The van der Waals surface area contributed by atoms with Crippen LogP contribution in [0.2, 0.25) is 0 Å². The normalized spacial score (nSPS) is 16.4. The van der Waals surface area contributed by atoms with Crippen LogP contribution in [0.15, 0.2) is 43.0 Å². The van der Waals surface area contributed by atoms with Gasteiger partial charge in [-0.15, -0.1) is 6.58 Å². The molecular weight excluding hydrogens is 380 g/mol. The van der Waals surface area contributed by atoms with E-state index in [1.165, 1.54) is 24.0 Å². The first kappa shape index (κ1) is 19.6. The highest BCUT2D eigenvalue weighted by atomic mass is 32.1. The Bertz CT molecular complexity index is 866. The van der Waals surface area contributed by atoms with Gasteiger partial charge >= 0.3 is 0 Å². The number of hydrogen-bond acceptors (Lipinski definition) is 5. The van der Waals surface area contributed by atoms with E-state index in [4.69, 9.17) is 22.2 Å². The molecule has 2 N–H and O–H groups in total.